The number of carbonyl (C=O) groups excluding carboxylic acids is 3. The first-order chi connectivity index (χ1) is 9.08. The number of hydrogen-bond acceptors (Lipinski definition) is 5. The van der Waals surface area contributed by atoms with Crippen LogP contribution in [0.4, 0.5) is 0 Å². The fraction of sp³-hybridized carbons (Fsp3) is 0.769. The van der Waals surface area contributed by atoms with Gasteiger partial charge >= 0.3 is 11.9 Å². The molecule has 108 valence electrons. The molecule has 0 N–H and O–H groups in total. The summed E-state index contributed by atoms with van der Waals surface area (Å²) in [5, 5.41) is 0. The van der Waals surface area contributed by atoms with Crippen LogP contribution in [0.1, 0.15) is 32.6 Å². The van der Waals surface area contributed by atoms with Crippen molar-refractivity contribution < 1.29 is 23.9 Å². The second-order valence-electron chi connectivity index (χ2n) is 4.48. The molecular formula is C13H21NO5. The lowest BCUT2D eigenvalue weighted by atomic mass is 9.97. The Morgan fingerprint density at radius 3 is 2.32 bits per heavy atom. The van der Waals surface area contributed by atoms with Gasteiger partial charge in [-0.05, 0) is 19.8 Å². The number of esters is 2. The van der Waals surface area contributed by atoms with Crippen LogP contribution < -0.4 is 0 Å². The smallest absolute Gasteiger partial charge is 0.309 e. The van der Waals surface area contributed by atoms with Crippen LogP contribution in [0.3, 0.4) is 0 Å². The van der Waals surface area contributed by atoms with E-state index in [1.807, 2.05) is 0 Å². The molecule has 0 aliphatic carbocycles. The van der Waals surface area contributed by atoms with E-state index in [9.17, 15) is 14.4 Å². The first-order valence-corrected chi connectivity index (χ1v) is 6.59. The zero-order valence-electron chi connectivity index (χ0n) is 11.5. The number of hydrogen-bond donors (Lipinski definition) is 0. The third-order valence-electron chi connectivity index (χ3n) is 3.24. The topological polar surface area (TPSA) is 72.9 Å². The number of likely N-dealkylation sites (tertiary alicyclic amines) is 1. The van der Waals surface area contributed by atoms with Gasteiger partial charge in [-0.3, -0.25) is 14.4 Å². The van der Waals surface area contributed by atoms with Gasteiger partial charge in [0.25, 0.3) is 0 Å². The van der Waals surface area contributed by atoms with Crippen molar-refractivity contribution in [3.05, 3.63) is 0 Å². The molecule has 1 fully saturated rings. The molecule has 0 saturated carbocycles. The third-order valence-corrected chi connectivity index (χ3v) is 3.24. The van der Waals surface area contributed by atoms with E-state index >= 15 is 0 Å². The van der Waals surface area contributed by atoms with Crippen molar-refractivity contribution >= 4 is 17.8 Å². The Bertz CT molecular complexity index is 334. The molecular weight excluding hydrogens is 250 g/mol. The van der Waals surface area contributed by atoms with Crippen molar-refractivity contribution in [2.45, 2.75) is 32.6 Å². The Balaban J connectivity index is 2.31. The van der Waals surface area contributed by atoms with Crippen LogP contribution in [0.5, 0.6) is 0 Å². The minimum absolute atomic E-state index is 0.0623. The SMILES string of the molecule is CCOC(=O)C1CCN(C(=O)CCC(=O)OC)CC1. The molecule has 0 aromatic heterocycles. The van der Waals surface area contributed by atoms with E-state index in [4.69, 9.17) is 4.74 Å². The highest BCUT2D eigenvalue weighted by Gasteiger charge is 2.28. The van der Waals surface area contributed by atoms with Crippen molar-refractivity contribution in [1.82, 2.24) is 4.90 Å². The predicted molar refractivity (Wildman–Crippen MR) is 67.2 cm³/mol. The summed E-state index contributed by atoms with van der Waals surface area (Å²) in [7, 11) is 1.30. The lowest BCUT2D eigenvalue weighted by molar-refractivity contribution is -0.151. The van der Waals surface area contributed by atoms with Gasteiger partial charge in [0, 0.05) is 19.5 Å². The highest BCUT2D eigenvalue weighted by atomic mass is 16.5. The Hall–Kier alpha value is -1.59. The number of methoxy groups -OCH3 is 1. The van der Waals surface area contributed by atoms with Crippen LogP contribution in [0.2, 0.25) is 0 Å². The lowest BCUT2D eigenvalue weighted by Crippen LogP contribution is -2.40. The van der Waals surface area contributed by atoms with E-state index in [1.54, 1.807) is 11.8 Å². The normalized spacial score (nSPS) is 16.0. The number of ether oxygens (including phenoxy) is 2. The molecule has 0 radical (unpaired) electrons. The molecule has 0 spiro atoms. The van der Waals surface area contributed by atoms with Gasteiger partial charge in [0.15, 0.2) is 0 Å². The van der Waals surface area contributed by atoms with E-state index in [-0.39, 0.29) is 36.6 Å². The molecule has 19 heavy (non-hydrogen) atoms. The molecule has 0 unspecified atom stereocenters. The highest BCUT2D eigenvalue weighted by molar-refractivity contribution is 5.81. The summed E-state index contributed by atoms with van der Waals surface area (Å²) in [5.41, 5.74) is 0. The van der Waals surface area contributed by atoms with Gasteiger partial charge in [-0.2, -0.15) is 0 Å². The maximum Gasteiger partial charge on any atom is 0.309 e. The Morgan fingerprint density at radius 1 is 1.16 bits per heavy atom. The Morgan fingerprint density at radius 2 is 1.79 bits per heavy atom. The van der Waals surface area contributed by atoms with E-state index in [0.717, 1.165) is 0 Å². The highest BCUT2D eigenvalue weighted by Crippen LogP contribution is 2.19. The van der Waals surface area contributed by atoms with Gasteiger partial charge in [0.2, 0.25) is 5.91 Å². The van der Waals surface area contributed by atoms with Crippen molar-refractivity contribution in [3.63, 3.8) is 0 Å². The maximum absolute atomic E-state index is 11.8. The minimum Gasteiger partial charge on any atom is -0.469 e. The van der Waals surface area contributed by atoms with E-state index in [1.165, 1.54) is 7.11 Å². The monoisotopic (exact) mass is 271 g/mol. The summed E-state index contributed by atoms with van der Waals surface area (Å²) < 4.78 is 9.46. The molecule has 1 saturated heterocycles. The van der Waals surface area contributed by atoms with Crippen molar-refractivity contribution in [3.8, 4) is 0 Å². The van der Waals surface area contributed by atoms with Crippen LogP contribution >= 0.6 is 0 Å². The van der Waals surface area contributed by atoms with Crippen molar-refractivity contribution in [2.75, 3.05) is 26.8 Å². The Labute approximate surface area is 113 Å². The summed E-state index contributed by atoms with van der Waals surface area (Å²) in [6.45, 7) is 3.26. The van der Waals surface area contributed by atoms with Gasteiger partial charge in [-0.25, -0.2) is 0 Å². The molecule has 1 aliphatic heterocycles. The molecule has 0 aromatic carbocycles. The third kappa shape index (κ3) is 4.89. The number of carbonyl (C=O) groups is 3. The Kier molecular flexibility index (Phi) is 6.32. The number of amides is 1. The summed E-state index contributed by atoms with van der Waals surface area (Å²) >= 11 is 0. The zero-order chi connectivity index (χ0) is 14.3. The van der Waals surface area contributed by atoms with Crippen molar-refractivity contribution in [2.24, 2.45) is 5.92 Å². The van der Waals surface area contributed by atoms with Gasteiger partial charge < -0.3 is 14.4 Å². The largest absolute Gasteiger partial charge is 0.469 e. The second kappa shape index (κ2) is 7.76. The minimum atomic E-state index is -0.380. The molecule has 1 heterocycles. The first kappa shape index (κ1) is 15.5. The summed E-state index contributed by atoms with van der Waals surface area (Å²) in [6.07, 6.45) is 1.52. The molecule has 0 aromatic rings. The van der Waals surface area contributed by atoms with E-state index in [0.29, 0.717) is 32.5 Å². The van der Waals surface area contributed by atoms with Crippen LogP contribution in [-0.2, 0) is 23.9 Å². The van der Waals surface area contributed by atoms with E-state index < -0.39 is 0 Å². The molecule has 6 heteroatoms. The molecule has 1 aliphatic rings. The number of piperidine rings is 1. The summed E-state index contributed by atoms with van der Waals surface area (Å²) in [5.74, 6) is -0.726. The molecule has 6 nitrogen and oxygen atoms in total. The number of nitrogens with zero attached hydrogens (tertiary/aromatic N) is 1. The first-order valence-electron chi connectivity index (χ1n) is 6.59. The predicted octanol–water partition coefficient (Wildman–Crippen LogP) is 0.741. The van der Waals surface area contributed by atoms with Gasteiger partial charge in [-0.15, -0.1) is 0 Å². The van der Waals surface area contributed by atoms with Crippen LogP contribution in [0, 0.1) is 5.92 Å². The molecule has 1 rings (SSSR count). The number of rotatable bonds is 5. The maximum atomic E-state index is 11.8. The van der Waals surface area contributed by atoms with Crippen LogP contribution in [0.25, 0.3) is 0 Å². The fourth-order valence-electron chi connectivity index (χ4n) is 2.09. The van der Waals surface area contributed by atoms with Gasteiger partial charge in [0.1, 0.15) is 0 Å². The quantitative estimate of drug-likeness (QED) is 0.690. The average molecular weight is 271 g/mol. The lowest BCUT2D eigenvalue weighted by Gasteiger charge is -2.30. The van der Waals surface area contributed by atoms with Gasteiger partial charge in [0.05, 0.1) is 26.1 Å². The standard InChI is InChI=1S/C13H21NO5/c1-3-19-13(17)10-6-8-14(9-7-10)11(15)4-5-12(16)18-2/h10H,3-9H2,1-2H3. The average Bonchev–Trinajstić information content (AvgIpc) is 2.44. The van der Waals surface area contributed by atoms with Crippen LogP contribution in [0.15, 0.2) is 0 Å². The molecule has 0 bridgehead atoms. The van der Waals surface area contributed by atoms with Gasteiger partial charge in [-0.1, -0.05) is 0 Å². The van der Waals surface area contributed by atoms with Crippen LogP contribution in [-0.4, -0.2) is 49.6 Å². The fourth-order valence-corrected chi connectivity index (χ4v) is 2.09. The molecule has 1 amide bonds. The summed E-state index contributed by atoms with van der Waals surface area (Å²) in [6, 6.07) is 0. The van der Waals surface area contributed by atoms with Crippen molar-refractivity contribution in [1.29, 1.82) is 0 Å². The second-order valence-corrected chi connectivity index (χ2v) is 4.48. The van der Waals surface area contributed by atoms with E-state index in [2.05, 4.69) is 4.74 Å². The zero-order valence-corrected chi connectivity index (χ0v) is 11.5. The summed E-state index contributed by atoms with van der Waals surface area (Å²) in [4.78, 5) is 36.0. The molecule has 0 atom stereocenters.